The molecule has 1 heteroatoms. The van der Waals surface area contributed by atoms with Gasteiger partial charge in [0, 0.05) is 4.90 Å². The SMILES string of the molecule is C=CCc1cccc(CC=C)c1S. The molecule has 1 rings (SSSR count). The van der Waals surface area contributed by atoms with Gasteiger partial charge in [0.2, 0.25) is 0 Å². The van der Waals surface area contributed by atoms with Crippen LogP contribution in [-0.2, 0) is 12.8 Å². The summed E-state index contributed by atoms with van der Waals surface area (Å²) in [5, 5.41) is 0. The monoisotopic (exact) mass is 190 g/mol. The summed E-state index contributed by atoms with van der Waals surface area (Å²) in [5.41, 5.74) is 2.47. The molecule has 0 amide bonds. The predicted molar refractivity (Wildman–Crippen MR) is 61.5 cm³/mol. The van der Waals surface area contributed by atoms with E-state index in [0.29, 0.717) is 0 Å². The predicted octanol–water partition coefficient (Wildman–Crippen LogP) is 3.43. The van der Waals surface area contributed by atoms with E-state index in [1.807, 2.05) is 12.2 Å². The van der Waals surface area contributed by atoms with E-state index in [2.05, 4.69) is 44.0 Å². The van der Waals surface area contributed by atoms with Crippen molar-refractivity contribution in [3.8, 4) is 0 Å². The summed E-state index contributed by atoms with van der Waals surface area (Å²) >= 11 is 4.48. The highest BCUT2D eigenvalue weighted by molar-refractivity contribution is 7.80. The van der Waals surface area contributed by atoms with Crippen LogP contribution in [-0.4, -0.2) is 0 Å². The zero-order chi connectivity index (χ0) is 9.68. The molecule has 0 aliphatic heterocycles. The van der Waals surface area contributed by atoms with Crippen molar-refractivity contribution in [2.75, 3.05) is 0 Å². The van der Waals surface area contributed by atoms with Gasteiger partial charge in [-0.15, -0.1) is 25.8 Å². The van der Waals surface area contributed by atoms with Crippen LogP contribution in [0.2, 0.25) is 0 Å². The van der Waals surface area contributed by atoms with Gasteiger partial charge < -0.3 is 0 Å². The first-order valence-corrected chi connectivity index (χ1v) is 4.75. The number of allylic oxidation sites excluding steroid dienone is 2. The molecule has 13 heavy (non-hydrogen) atoms. The van der Waals surface area contributed by atoms with E-state index >= 15 is 0 Å². The van der Waals surface area contributed by atoms with Gasteiger partial charge in [0.05, 0.1) is 0 Å². The van der Waals surface area contributed by atoms with Gasteiger partial charge in [0.25, 0.3) is 0 Å². The van der Waals surface area contributed by atoms with E-state index < -0.39 is 0 Å². The van der Waals surface area contributed by atoms with Gasteiger partial charge in [0.15, 0.2) is 0 Å². The molecule has 0 unspecified atom stereocenters. The molecule has 0 fully saturated rings. The lowest BCUT2D eigenvalue weighted by molar-refractivity contribution is 1.10. The third-order valence-electron chi connectivity index (χ3n) is 1.93. The van der Waals surface area contributed by atoms with Crippen molar-refractivity contribution in [1.82, 2.24) is 0 Å². The number of thiol groups is 1. The van der Waals surface area contributed by atoms with Crippen molar-refractivity contribution >= 4 is 12.6 Å². The maximum atomic E-state index is 4.48. The average Bonchev–Trinajstić information content (AvgIpc) is 2.13. The fraction of sp³-hybridized carbons (Fsp3) is 0.167. The quantitative estimate of drug-likeness (QED) is 0.546. The van der Waals surface area contributed by atoms with Gasteiger partial charge in [0.1, 0.15) is 0 Å². The van der Waals surface area contributed by atoms with Gasteiger partial charge in [-0.25, -0.2) is 0 Å². The highest BCUT2D eigenvalue weighted by Gasteiger charge is 2.01. The molecule has 0 spiro atoms. The van der Waals surface area contributed by atoms with Crippen molar-refractivity contribution < 1.29 is 0 Å². The molecule has 0 saturated carbocycles. The normalized spacial score (nSPS) is 9.62. The molecule has 0 radical (unpaired) electrons. The van der Waals surface area contributed by atoms with Gasteiger partial charge in [-0.3, -0.25) is 0 Å². The molecule has 0 nitrogen and oxygen atoms in total. The van der Waals surface area contributed by atoms with E-state index in [1.54, 1.807) is 0 Å². The molecule has 0 aliphatic carbocycles. The van der Waals surface area contributed by atoms with E-state index in [-0.39, 0.29) is 0 Å². The first-order chi connectivity index (χ1) is 6.29. The Morgan fingerprint density at radius 1 is 1.08 bits per heavy atom. The van der Waals surface area contributed by atoms with E-state index in [1.165, 1.54) is 11.1 Å². The summed E-state index contributed by atoms with van der Waals surface area (Å²) in [6.07, 6.45) is 5.55. The van der Waals surface area contributed by atoms with Gasteiger partial charge in [-0.1, -0.05) is 30.4 Å². The fourth-order valence-corrected chi connectivity index (χ4v) is 1.62. The average molecular weight is 190 g/mol. The first-order valence-electron chi connectivity index (χ1n) is 4.31. The van der Waals surface area contributed by atoms with Crippen molar-refractivity contribution in [3.63, 3.8) is 0 Å². The molecule has 0 heterocycles. The van der Waals surface area contributed by atoms with E-state index in [0.717, 1.165) is 17.7 Å². The number of hydrogen-bond donors (Lipinski definition) is 1. The molecule has 0 bridgehead atoms. The van der Waals surface area contributed by atoms with Crippen LogP contribution in [0.1, 0.15) is 11.1 Å². The Hall–Kier alpha value is -0.950. The largest absolute Gasteiger partial charge is 0.143 e. The number of benzene rings is 1. The van der Waals surface area contributed by atoms with Crippen molar-refractivity contribution in [1.29, 1.82) is 0 Å². The fourth-order valence-electron chi connectivity index (χ4n) is 1.28. The Morgan fingerprint density at radius 2 is 1.54 bits per heavy atom. The maximum Gasteiger partial charge on any atom is 0.0110 e. The van der Waals surface area contributed by atoms with Crippen LogP contribution in [0.25, 0.3) is 0 Å². The molecular weight excluding hydrogens is 176 g/mol. The Kier molecular flexibility index (Phi) is 3.84. The van der Waals surface area contributed by atoms with Crippen LogP contribution in [0.5, 0.6) is 0 Å². The standard InChI is InChI=1S/C12H14S/c1-3-6-10-8-5-9-11(7-4-2)12(10)13/h3-5,8-9,13H,1-2,6-7H2. The summed E-state index contributed by atoms with van der Waals surface area (Å²) in [6, 6.07) is 6.21. The molecular formula is C12H14S. The van der Waals surface area contributed by atoms with E-state index in [9.17, 15) is 0 Å². The van der Waals surface area contributed by atoms with Crippen LogP contribution in [0.3, 0.4) is 0 Å². The summed E-state index contributed by atoms with van der Waals surface area (Å²) in [5.74, 6) is 0. The highest BCUT2D eigenvalue weighted by Crippen LogP contribution is 2.20. The second kappa shape index (κ2) is 4.93. The summed E-state index contributed by atoms with van der Waals surface area (Å²) in [4.78, 5) is 1.07. The summed E-state index contributed by atoms with van der Waals surface area (Å²) < 4.78 is 0. The van der Waals surface area contributed by atoms with E-state index in [4.69, 9.17) is 0 Å². The van der Waals surface area contributed by atoms with Gasteiger partial charge in [-0.05, 0) is 24.0 Å². The van der Waals surface area contributed by atoms with Gasteiger partial charge >= 0.3 is 0 Å². The molecule has 68 valence electrons. The molecule has 0 atom stereocenters. The summed E-state index contributed by atoms with van der Waals surface area (Å²) in [6.45, 7) is 7.44. The van der Waals surface area contributed by atoms with Gasteiger partial charge in [-0.2, -0.15) is 0 Å². The zero-order valence-electron chi connectivity index (χ0n) is 7.66. The second-order valence-corrected chi connectivity index (χ2v) is 3.36. The molecule has 0 aromatic heterocycles. The van der Waals surface area contributed by atoms with Crippen molar-refractivity contribution in [3.05, 3.63) is 54.6 Å². The van der Waals surface area contributed by atoms with Crippen LogP contribution in [0.4, 0.5) is 0 Å². The Morgan fingerprint density at radius 3 is 1.92 bits per heavy atom. The smallest absolute Gasteiger partial charge is 0.0110 e. The molecule has 1 aromatic carbocycles. The van der Waals surface area contributed by atoms with Crippen LogP contribution < -0.4 is 0 Å². The number of hydrogen-bond acceptors (Lipinski definition) is 1. The highest BCUT2D eigenvalue weighted by atomic mass is 32.1. The summed E-state index contributed by atoms with van der Waals surface area (Å²) in [7, 11) is 0. The molecule has 0 N–H and O–H groups in total. The van der Waals surface area contributed by atoms with Crippen LogP contribution in [0.15, 0.2) is 48.4 Å². The Bertz CT molecular complexity index is 285. The Labute approximate surface area is 85.4 Å². The first kappa shape index (κ1) is 10.1. The minimum Gasteiger partial charge on any atom is -0.143 e. The second-order valence-electron chi connectivity index (χ2n) is 2.91. The van der Waals surface area contributed by atoms with Crippen LogP contribution >= 0.6 is 12.6 Å². The van der Waals surface area contributed by atoms with Crippen molar-refractivity contribution in [2.24, 2.45) is 0 Å². The Balaban J connectivity index is 3.02. The lowest BCUT2D eigenvalue weighted by atomic mass is 10.1. The van der Waals surface area contributed by atoms with Crippen molar-refractivity contribution in [2.45, 2.75) is 17.7 Å². The minimum atomic E-state index is 0.879. The maximum absolute atomic E-state index is 4.48. The van der Waals surface area contributed by atoms with Crippen LogP contribution in [0, 0.1) is 0 Å². The molecule has 0 saturated heterocycles. The molecule has 0 aliphatic rings. The number of rotatable bonds is 4. The lowest BCUT2D eigenvalue weighted by Crippen LogP contribution is -1.90. The lowest BCUT2D eigenvalue weighted by Gasteiger charge is -2.06. The minimum absolute atomic E-state index is 0.879. The zero-order valence-corrected chi connectivity index (χ0v) is 8.56. The third kappa shape index (κ3) is 2.49. The molecule has 1 aromatic rings. The topological polar surface area (TPSA) is 0 Å². The third-order valence-corrected chi connectivity index (χ3v) is 2.51.